The number of carbonyl (C=O) groups is 2. The minimum atomic E-state index is -0.253. The maximum absolute atomic E-state index is 11.0. The molecular formula is C16H20O5. The van der Waals surface area contributed by atoms with Crippen molar-refractivity contribution in [2.75, 3.05) is 0 Å². The van der Waals surface area contributed by atoms with Crippen molar-refractivity contribution < 1.29 is 23.2 Å². The predicted octanol–water partition coefficient (Wildman–Crippen LogP) is 3.83. The molecule has 114 valence electrons. The van der Waals surface area contributed by atoms with Crippen LogP contribution in [0.3, 0.4) is 0 Å². The molecule has 0 bridgehead atoms. The number of esters is 1. The highest BCUT2D eigenvalue weighted by atomic mass is 16.5. The smallest absolute Gasteiger partial charge is 0.306 e. The van der Waals surface area contributed by atoms with E-state index in [1.807, 2.05) is 32.9 Å². The fourth-order valence-corrected chi connectivity index (χ4v) is 1.52. The van der Waals surface area contributed by atoms with Crippen molar-refractivity contribution in [3.8, 4) is 0 Å². The van der Waals surface area contributed by atoms with E-state index in [1.54, 1.807) is 6.07 Å². The van der Waals surface area contributed by atoms with Crippen LogP contribution in [0.1, 0.15) is 47.6 Å². The first-order chi connectivity index (χ1) is 10.0. The molecule has 0 aliphatic rings. The van der Waals surface area contributed by atoms with E-state index in [1.165, 1.54) is 6.07 Å². The van der Waals surface area contributed by atoms with Crippen molar-refractivity contribution in [2.45, 2.75) is 40.2 Å². The SMILES string of the molecule is CCCC(=O)OCc1ccc(C=O)o1.Cc1ccc(C)o1. The van der Waals surface area contributed by atoms with Gasteiger partial charge in [0.15, 0.2) is 12.0 Å². The van der Waals surface area contributed by atoms with E-state index in [0.717, 1.165) is 17.9 Å². The minimum absolute atomic E-state index is 0.0900. The zero-order valence-corrected chi connectivity index (χ0v) is 12.5. The maximum Gasteiger partial charge on any atom is 0.306 e. The van der Waals surface area contributed by atoms with Crippen molar-refractivity contribution in [2.24, 2.45) is 0 Å². The summed E-state index contributed by atoms with van der Waals surface area (Å²) >= 11 is 0. The van der Waals surface area contributed by atoms with Crippen LogP contribution < -0.4 is 0 Å². The van der Waals surface area contributed by atoms with E-state index in [0.29, 0.717) is 18.5 Å². The second-order valence-corrected chi connectivity index (χ2v) is 4.49. The normalized spacial score (nSPS) is 9.67. The van der Waals surface area contributed by atoms with Crippen LogP contribution in [0.4, 0.5) is 0 Å². The van der Waals surface area contributed by atoms with Crippen LogP contribution in [0, 0.1) is 13.8 Å². The highest BCUT2D eigenvalue weighted by molar-refractivity contribution is 5.70. The summed E-state index contributed by atoms with van der Waals surface area (Å²) < 4.78 is 15.0. The average molecular weight is 292 g/mol. The summed E-state index contributed by atoms with van der Waals surface area (Å²) in [6, 6.07) is 7.06. The van der Waals surface area contributed by atoms with Gasteiger partial charge in [0.25, 0.3) is 0 Å². The lowest BCUT2D eigenvalue weighted by Gasteiger charge is -2.00. The maximum atomic E-state index is 11.0. The Morgan fingerprint density at radius 2 is 1.81 bits per heavy atom. The predicted molar refractivity (Wildman–Crippen MR) is 77.0 cm³/mol. The summed E-state index contributed by atoms with van der Waals surface area (Å²) in [5.74, 6) is 2.44. The second kappa shape index (κ2) is 8.79. The van der Waals surface area contributed by atoms with Crippen LogP contribution in [0.15, 0.2) is 33.1 Å². The van der Waals surface area contributed by atoms with Crippen molar-refractivity contribution in [3.05, 3.63) is 47.3 Å². The van der Waals surface area contributed by atoms with E-state index in [4.69, 9.17) is 13.6 Å². The van der Waals surface area contributed by atoms with Gasteiger partial charge in [-0.05, 0) is 44.5 Å². The Hall–Kier alpha value is -2.30. The van der Waals surface area contributed by atoms with E-state index in [2.05, 4.69) is 0 Å². The molecule has 0 aliphatic carbocycles. The summed E-state index contributed by atoms with van der Waals surface area (Å²) in [5, 5.41) is 0. The molecular weight excluding hydrogens is 272 g/mol. The first-order valence-corrected chi connectivity index (χ1v) is 6.77. The molecule has 0 radical (unpaired) electrons. The summed E-state index contributed by atoms with van der Waals surface area (Å²) in [6.45, 7) is 5.87. The van der Waals surface area contributed by atoms with Crippen molar-refractivity contribution in [1.29, 1.82) is 0 Å². The molecule has 0 amide bonds. The number of hydrogen-bond donors (Lipinski definition) is 0. The largest absolute Gasteiger partial charge is 0.467 e. The van der Waals surface area contributed by atoms with Gasteiger partial charge in [-0.3, -0.25) is 9.59 Å². The van der Waals surface area contributed by atoms with Gasteiger partial charge in [0, 0.05) is 6.42 Å². The highest BCUT2D eigenvalue weighted by Crippen LogP contribution is 2.07. The molecule has 5 heteroatoms. The van der Waals surface area contributed by atoms with Crippen LogP contribution >= 0.6 is 0 Å². The number of furan rings is 2. The van der Waals surface area contributed by atoms with Crippen LogP contribution in [0.5, 0.6) is 0 Å². The zero-order chi connectivity index (χ0) is 15.7. The Balaban J connectivity index is 0.000000262. The Bertz CT molecular complexity index is 548. The second-order valence-electron chi connectivity index (χ2n) is 4.49. The zero-order valence-electron chi connectivity index (χ0n) is 12.5. The lowest BCUT2D eigenvalue weighted by atomic mass is 10.3. The topological polar surface area (TPSA) is 69.7 Å². The van der Waals surface area contributed by atoms with Crippen LogP contribution in [-0.4, -0.2) is 12.3 Å². The molecule has 0 spiro atoms. The fourth-order valence-electron chi connectivity index (χ4n) is 1.52. The molecule has 2 aromatic rings. The van der Waals surface area contributed by atoms with Gasteiger partial charge >= 0.3 is 5.97 Å². The van der Waals surface area contributed by atoms with Crippen LogP contribution in [0.2, 0.25) is 0 Å². The molecule has 0 saturated carbocycles. The molecule has 21 heavy (non-hydrogen) atoms. The van der Waals surface area contributed by atoms with E-state index in [-0.39, 0.29) is 18.3 Å². The third kappa shape index (κ3) is 6.61. The summed E-state index contributed by atoms with van der Waals surface area (Å²) in [6.07, 6.45) is 1.77. The average Bonchev–Trinajstić information content (AvgIpc) is 3.06. The van der Waals surface area contributed by atoms with E-state index < -0.39 is 0 Å². The van der Waals surface area contributed by atoms with Crippen molar-refractivity contribution in [3.63, 3.8) is 0 Å². The molecule has 0 saturated heterocycles. The molecule has 0 unspecified atom stereocenters. The van der Waals surface area contributed by atoms with Gasteiger partial charge < -0.3 is 13.6 Å². The highest BCUT2D eigenvalue weighted by Gasteiger charge is 2.04. The van der Waals surface area contributed by atoms with Gasteiger partial charge in [-0.1, -0.05) is 6.92 Å². The number of aryl methyl sites for hydroxylation is 2. The van der Waals surface area contributed by atoms with E-state index in [9.17, 15) is 9.59 Å². The third-order valence-corrected chi connectivity index (χ3v) is 2.50. The minimum Gasteiger partial charge on any atom is -0.467 e. The number of ether oxygens (including phenoxy) is 1. The van der Waals surface area contributed by atoms with Gasteiger partial charge in [-0.15, -0.1) is 0 Å². The molecule has 0 fully saturated rings. The number of rotatable bonds is 5. The van der Waals surface area contributed by atoms with Crippen molar-refractivity contribution in [1.82, 2.24) is 0 Å². The van der Waals surface area contributed by atoms with Gasteiger partial charge in [0.2, 0.25) is 0 Å². The van der Waals surface area contributed by atoms with Crippen LogP contribution in [0.25, 0.3) is 0 Å². The molecule has 5 nitrogen and oxygen atoms in total. The third-order valence-electron chi connectivity index (χ3n) is 2.50. The quantitative estimate of drug-likeness (QED) is 0.618. The Kier molecular flexibility index (Phi) is 7.01. The standard InChI is InChI=1S/C10H12O4.C6H8O/c1-2-3-10(12)13-7-9-5-4-8(6-11)14-9;1-5-3-4-6(2)7-5/h4-6H,2-3,7H2,1H3;3-4H,1-2H3. The van der Waals surface area contributed by atoms with Crippen LogP contribution in [-0.2, 0) is 16.1 Å². The molecule has 0 aromatic carbocycles. The monoisotopic (exact) mass is 292 g/mol. The molecule has 2 rings (SSSR count). The number of hydrogen-bond acceptors (Lipinski definition) is 5. The Labute approximate surface area is 123 Å². The number of aldehydes is 1. The first kappa shape index (κ1) is 16.8. The molecule has 2 heterocycles. The molecule has 0 aliphatic heterocycles. The van der Waals surface area contributed by atoms with E-state index >= 15 is 0 Å². The molecule has 0 atom stereocenters. The Morgan fingerprint density at radius 1 is 1.14 bits per heavy atom. The summed E-state index contributed by atoms with van der Waals surface area (Å²) in [5.41, 5.74) is 0. The van der Waals surface area contributed by atoms with Gasteiger partial charge in [-0.25, -0.2) is 0 Å². The number of carbonyl (C=O) groups excluding carboxylic acids is 2. The summed E-state index contributed by atoms with van der Waals surface area (Å²) in [7, 11) is 0. The molecule has 0 N–H and O–H groups in total. The summed E-state index contributed by atoms with van der Waals surface area (Å²) in [4.78, 5) is 21.2. The van der Waals surface area contributed by atoms with Crippen molar-refractivity contribution >= 4 is 12.3 Å². The van der Waals surface area contributed by atoms with Gasteiger partial charge in [0.1, 0.15) is 23.9 Å². The van der Waals surface area contributed by atoms with Gasteiger partial charge in [-0.2, -0.15) is 0 Å². The first-order valence-electron chi connectivity index (χ1n) is 6.77. The lowest BCUT2D eigenvalue weighted by molar-refractivity contribution is -0.145. The Morgan fingerprint density at radius 3 is 2.24 bits per heavy atom. The lowest BCUT2D eigenvalue weighted by Crippen LogP contribution is -2.02. The fraction of sp³-hybridized carbons (Fsp3) is 0.375. The van der Waals surface area contributed by atoms with Gasteiger partial charge in [0.05, 0.1) is 0 Å². The molecule has 2 aromatic heterocycles.